The van der Waals surface area contributed by atoms with E-state index in [-0.39, 0.29) is 6.04 Å². The Morgan fingerprint density at radius 3 is 2.35 bits per heavy atom. The van der Waals surface area contributed by atoms with Gasteiger partial charge in [0.1, 0.15) is 17.2 Å². The van der Waals surface area contributed by atoms with Crippen molar-refractivity contribution in [3.8, 4) is 17.2 Å². The Morgan fingerprint density at radius 1 is 1.15 bits per heavy atom. The Morgan fingerprint density at radius 2 is 1.80 bits per heavy atom. The van der Waals surface area contributed by atoms with Crippen LogP contribution in [0.3, 0.4) is 0 Å². The minimum atomic E-state index is -0.0917. The first-order valence-corrected chi connectivity index (χ1v) is 7.52. The van der Waals surface area contributed by atoms with Crippen LogP contribution < -0.4 is 15.2 Å². The second kappa shape index (κ2) is 6.56. The van der Waals surface area contributed by atoms with E-state index in [9.17, 15) is 0 Å². The third-order valence-corrected chi connectivity index (χ3v) is 3.90. The quantitative estimate of drug-likeness (QED) is 0.823. The zero-order valence-electron chi connectivity index (χ0n) is 11.1. The van der Waals surface area contributed by atoms with E-state index in [1.165, 1.54) is 0 Å². The maximum absolute atomic E-state index is 5.79. The molecule has 4 nitrogen and oxygen atoms in total. The molecule has 106 valence electrons. The SMILES string of the molecule is COc1cc(Br)c(Oc2ccc(C(C)N)nc2)cc1Br. The fourth-order valence-corrected chi connectivity index (χ4v) is 2.48. The number of nitrogens with zero attached hydrogens (tertiary/aromatic N) is 1. The van der Waals surface area contributed by atoms with Crippen molar-refractivity contribution < 1.29 is 9.47 Å². The van der Waals surface area contributed by atoms with Crippen molar-refractivity contribution in [2.24, 2.45) is 5.73 Å². The molecule has 20 heavy (non-hydrogen) atoms. The monoisotopic (exact) mass is 400 g/mol. The first kappa shape index (κ1) is 15.3. The molecule has 0 aliphatic heterocycles. The zero-order chi connectivity index (χ0) is 14.7. The molecule has 0 bridgehead atoms. The number of hydrogen-bond donors (Lipinski definition) is 1. The lowest BCUT2D eigenvalue weighted by molar-refractivity contribution is 0.409. The van der Waals surface area contributed by atoms with Gasteiger partial charge in [0.15, 0.2) is 0 Å². The average molecular weight is 402 g/mol. The summed E-state index contributed by atoms with van der Waals surface area (Å²) in [6.45, 7) is 1.89. The van der Waals surface area contributed by atoms with E-state index in [1.54, 1.807) is 13.3 Å². The predicted molar refractivity (Wildman–Crippen MR) is 85.3 cm³/mol. The van der Waals surface area contributed by atoms with Gasteiger partial charge >= 0.3 is 0 Å². The van der Waals surface area contributed by atoms with E-state index in [4.69, 9.17) is 15.2 Å². The number of rotatable bonds is 4. The molecule has 2 rings (SSSR count). The van der Waals surface area contributed by atoms with Gasteiger partial charge in [0.05, 0.1) is 27.9 Å². The van der Waals surface area contributed by atoms with Crippen LogP contribution in [0.25, 0.3) is 0 Å². The van der Waals surface area contributed by atoms with Crippen LogP contribution in [-0.4, -0.2) is 12.1 Å². The van der Waals surface area contributed by atoms with E-state index in [1.807, 2.05) is 31.2 Å². The maximum atomic E-state index is 5.79. The molecule has 1 atom stereocenters. The summed E-state index contributed by atoms with van der Waals surface area (Å²) in [6.07, 6.45) is 1.66. The Kier molecular flexibility index (Phi) is 5.01. The molecule has 0 aliphatic rings. The molecule has 0 fully saturated rings. The second-order valence-electron chi connectivity index (χ2n) is 4.23. The van der Waals surface area contributed by atoms with Gasteiger partial charge in [0, 0.05) is 6.04 Å². The van der Waals surface area contributed by atoms with Crippen molar-refractivity contribution in [3.05, 3.63) is 45.1 Å². The first-order chi connectivity index (χ1) is 9.51. The lowest BCUT2D eigenvalue weighted by Crippen LogP contribution is -2.06. The van der Waals surface area contributed by atoms with Crippen molar-refractivity contribution in [1.82, 2.24) is 4.98 Å². The van der Waals surface area contributed by atoms with Gasteiger partial charge in [-0.25, -0.2) is 0 Å². The molecule has 6 heteroatoms. The van der Waals surface area contributed by atoms with Crippen molar-refractivity contribution in [3.63, 3.8) is 0 Å². The van der Waals surface area contributed by atoms with Crippen molar-refractivity contribution in [2.45, 2.75) is 13.0 Å². The van der Waals surface area contributed by atoms with Gasteiger partial charge in [0.25, 0.3) is 0 Å². The van der Waals surface area contributed by atoms with Gasteiger partial charge in [0.2, 0.25) is 0 Å². The lowest BCUT2D eigenvalue weighted by atomic mass is 10.2. The number of ether oxygens (including phenoxy) is 2. The molecule has 1 aromatic carbocycles. The highest BCUT2D eigenvalue weighted by molar-refractivity contribution is 9.11. The summed E-state index contributed by atoms with van der Waals surface area (Å²) in [7, 11) is 1.61. The molecule has 2 N–H and O–H groups in total. The molecule has 0 amide bonds. The number of benzene rings is 1. The number of hydrogen-bond acceptors (Lipinski definition) is 4. The molecule has 1 aromatic heterocycles. The smallest absolute Gasteiger partial charge is 0.145 e. The molecule has 0 spiro atoms. The van der Waals surface area contributed by atoms with Crippen LogP contribution in [-0.2, 0) is 0 Å². The molecule has 2 aromatic rings. The Hall–Kier alpha value is -1.11. The highest BCUT2D eigenvalue weighted by Gasteiger charge is 2.10. The number of nitrogens with two attached hydrogens (primary N) is 1. The number of pyridine rings is 1. The van der Waals surface area contributed by atoms with E-state index in [0.717, 1.165) is 20.4 Å². The van der Waals surface area contributed by atoms with Crippen molar-refractivity contribution in [2.75, 3.05) is 7.11 Å². The molecule has 0 aliphatic carbocycles. The van der Waals surface area contributed by atoms with Gasteiger partial charge in [-0.05, 0) is 63.0 Å². The Bertz CT molecular complexity index is 601. The lowest BCUT2D eigenvalue weighted by Gasteiger charge is -2.11. The van der Waals surface area contributed by atoms with Crippen LogP contribution in [0.5, 0.6) is 17.2 Å². The number of aromatic nitrogens is 1. The fourth-order valence-electron chi connectivity index (χ4n) is 1.59. The van der Waals surface area contributed by atoms with E-state index >= 15 is 0 Å². The number of halogens is 2. The molecular formula is C14H14Br2N2O2. The third-order valence-electron chi connectivity index (χ3n) is 2.66. The van der Waals surface area contributed by atoms with Crippen LogP contribution in [0.4, 0.5) is 0 Å². The molecule has 0 saturated carbocycles. The minimum Gasteiger partial charge on any atom is -0.496 e. The normalized spacial score (nSPS) is 12.1. The summed E-state index contributed by atoms with van der Waals surface area (Å²) < 4.78 is 12.6. The third kappa shape index (κ3) is 3.50. The Labute approximate surface area is 134 Å². The minimum absolute atomic E-state index is 0.0917. The van der Waals surface area contributed by atoms with Gasteiger partial charge < -0.3 is 15.2 Å². The van der Waals surface area contributed by atoms with Crippen LogP contribution in [0, 0.1) is 0 Å². The topological polar surface area (TPSA) is 57.4 Å². The first-order valence-electron chi connectivity index (χ1n) is 5.93. The predicted octanol–water partition coefficient (Wildman–Crippen LogP) is 4.43. The zero-order valence-corrected chi connectivity index (χ0v) is 14.2. The van der Waals surface area contributed by atoms with E-state index in [2.05, 4.69) is 36.8 Å². The average Bonchev–Trinajstić information content (AvgIpc) is 2.43. The van der Waals surface area contributed by atoms with E-state index in [0.29, 0.717) is 11.5 Å². The summed E-state index contributed by atoms with van der Waals surface area (Å²) >= 11 is 6.88. The fraction of sp³-hybridized carbons (Fsp3) is 0.214. The van der Waals surface area contributed by atoms with Crippen LogP contribution in [0.1, 0.15) is 18.7 Å². The van der Waals surface area contributed by atoms with Crippen molar-refractivity contribution in [1.29, 1.82) is 0 Å². The van der Waals surface area contributed by atoms with Crippen LogP contribution in [0.15, 0.2) is 39.4 Å². The van der Waals surface area contributed by atoms with Gasteiger partial charge in [-0.1, -0.05) is 0 Å². The summed E-state index contributed by atoms with van der Waals surface area (Å²) in [4.78, 5) is 4.26. The Balaban J connectivity index is 2.23. The van der Waals surface area contributed by atoms with Gasteiger partial charge in [-0.15, -0.1) is 0 Å². The van der Waals surface area contributed by atoms with Crippen molar-refractivity contribution >= 4 is 31.9 Å². The highest BCUT2D eigenvalue weighted by atomic mass is 79.9. The van der Waals surface area contributed by atoms with Crippen LogP contribution in [0.2, 0.25) is 0 Å². The van der Waals surface area contributed by atoms with Gasteiger partial charge in [-0.2, -0.15) is 0 Å². The maximum Gasteiger partial charge on any atom is 0.145 e. The summed E-state index contributed by atoms with van der Waals surface area (Å²) in [5.74, 6) is 2.05. The van der Waals surface area contributed by atoms with Gasteiger partial charge in [-0.3, -0.25) is 4.98 Å². The molecule has 1 heterocycles. The molecular weight excluding hydrogens is 388 g/mol. The summed E-state index contributed by atoms with van der Waals surface area (Å²) in [6, 6.07) is 7.28. The molecule has 0 radical (unpaired) electrons. The standard InChI is InChI=1S/C14H14Br2N2O2/c1-8(17)12-4-3-9(7-18-12)20-14-6-10(15)13(19-2)5-11(14)16/h3-8H,17H2,1-2H3. The summed E-state index contributed by atoms with van der Waals surface area (Å²) in [5, 5.41) is 0. The van der Waals surface area contributed by atoms with E-state index < -0.39 is 0 Å². The number of methoxy groups -OCH3 is 1. The highest BCUT2D eigenvalue weighted by Crippen LogP contribution is 2.38. The molecule has 1 unspecified atom stereocenters. The largest absolute Gasteiger partial charge is 0.496 e. The van der Waals surface area contributed by atoms with Crippen LogP contribution >= 0.6 is 31.9 Å². The summed E-state index contributed by atoms with van der Waals surface area (Å²) in [5.41, 5.74) is 6.59. The second-order valence-corrected chi connectivity index (χ2v) is 5.94. The molecule has 0 saturated heterocycles.